The van der Waals surface area contributed by atoms with E-state index in [0.717, 1.165) is 36.5 Å². The number of rotatable bonds is 7. The third-order valence-corrected chi connectivity index (χ3v) is 3.51. The number of aromatic amines is 1. The number of nitrogens with zero attached hydrogens (tertiary/aromatic N) is 1. The van der Waals surface area contributed by atoms with Crippen LogP contribution in [0.15, 0.2) is 18.2 Å². The van der Waals surface area contributed by atoms with Crippen molar-refractivity contribution in [3.8, 4) is 11.5 Å². The van der Waals surface area contributed by atoms with Gasteiger partial charge in [-0.25, -0.2) is 4.98 Å². The number of halogens is 1. The predicted octanol–water partition coefficient (Wildman–Crippen LogP) is 3.73. The number of imidazole rings is 1. The minimum absolute atomic E-state index is 0.0989. The maximum Gasteiger partial charge on any atom is 0.160 e. The van der Waals surface area contributed by atoms with Crippen molar-refractivity contribution in [3.63, 3.8) is 0 Å². The Hall–Kier alpha value is -1.88. The van der Waals surface area contributed by atoms with Gasteiger partial charge in [0, 0.05) is 18.2 Å². The van der Waals surface area contributed by atoms with E-state index in [1.807, 2.05) is 6.07 Å². The highest BCUT2D eigenvalue weighted by molar-refractivity contribution is 6.30. The topological polar surface area (TPSA) is 70.2 Å². The van der Waals surface area contributed by atoms with Crippen LogP contribution >= 0.6 is 11.6 Å². The molecule has 1 aromatic heterocycles. The normalized spacial score (nSPS) is 10.6. The summed E-state index contributed by atoms with van der Waals surface area (Å²) in [5.74, 6) is 1.46. The highest BCUT2D eigenvalue weighted by atomic mass is 35.5. The van der Waals surface area contributed by atoms with E-state index in [2.05, 4.69) is 22.2 Å². The van der Waals surface area contributed by atoms with E-state index in [4.69, 9.17) is 16.3 Å². The summed E-state index contributed by atoms with van der Waals surface area (Å²) >= 11 is 6.12. The number of unbranched alkanes of at least 4 members (excludes halogenated alkanes) is 1. The largest absolute Gasteiger partial charge is 0.504 e. The fourth-order valence-electron chi connectivity index (χ4n) is 2.01. The number of aromatic nitrogens is 2. The van der Waals surface area contributed by atoms with Gasteiger partial charge in [-0.15, -0.1) is 0 Å². The molecular formula is C15H20ClN3O2. The van der Waals surface area contributed by atoms with Crippen LogP contribution in [-0.4, -0.2) is 22.2 Å². The van der Waals surface area contributed by atoms with Crippen molar-refractivity contribution < 1.29 is 9.84 Å². The molecule has 1 aromatic carbocycles. The molecule has 0 aliphatic heterocycles. The zero-order valence-electron chi connectivity index (χ0n) is 12.2. The van der Waals surface area contributed by atoms with Crippen LogP contribution in [-0.2, 0) is 13.0 Å². The molecule has 0 bridgehead atoms. The highest BCUT2D eigenvalue weighted by Crippen LogP contribution is 2.28. The summed E-state index contributed by atoms with van der Waals surface area (Å²) in [6.07, 6.45) is 3.11. The molecule has 0 aliphatic rings. The van der Waals surface area contributed by atoms with Gasteiger partial charge in [-0.1, -0.05) is 24.9 Å². The number of benzene rings is 1. The van der Waals surface area contributed by atoms with Gasteiger partial charge in [-0.3, -0.25) is 0 Å². The van der Waals surface area contributed by atoms with Crippen molar-refractivity contribution >= 4 is 17.3 Å². The summed E-state index contributed by atoms with van der Waals surface area (Å²) in [5.41, 5.74) is 1.63. The highest BCUT2D eigenvalue weighted by Gasteiger charge is 2.08. The molecule has 0 saturated carbocycles. The first kappa shape index (κ1) is 15.5. The van der Waals surface area contributed by atoms with Gasteiger partial charge in [0.15, 0.2) is 16.7 Å². The average Bonchev–Trinajstić information content (AvgIpc) is 2.83. The van der Waals surface area contributed by atoms with Gasteiger partial charge in [0.25, 0.3) is 0 Å². The molecule has 0 radical (unpaired) electrons. The Morgan fingerprint density at radius 1 is 1.43 bits per heavy atom. The van der Waals surface area contributed by atoms with Gasteiger partial charge in [0.05, 0.1) is 19.3 Å². The van der Waals surface area contributed by atoms with E-state index in [0.29, 0.717) is 17.4 Å². The van der Waals surface area contributed by atoms with E-state index < -0.39 is 0 Å². The van der Waals surface area contributed by atoms with E-state index in [1.165, 1.54) is 7.11 Å². The summed E-state index contributed by atoms with van der Waals surface area (Å²) in [6.45, 7) is 2.66. The Bertz CT molecular complexity index is 599. The molecule has 5 nitrogen and oxygen atoms in total. The molecule has 21 heavy (non-hydrogen) atoms. The molecule has 0 aliphatic carbocycles. The molecule has 114 valence electrons. The Kier molecular flexibility index (Phi) is 5.33. The minimum Gasteiger partial charge on any atom is -0.504 e. The number of methoxy groups -OCH3 is 1. The second-order valence-corrected chi connectivity index (χ2v) is 5.15. The molecule has 2 aromatic rings. The smallest absolute Gasteiger partial charge is 0.160 e. The lowest BCUT2D eigenvalue weighted by Gasteiger charge is -2.08. The van der Waals surface area contributed by atoms with Gasteiger partial charge in [0.2, 0.25) is 0 Å². The minimum atomic E-state index is 0.0989. The third-order valence-electron chi connectivity index (χ3n) is 3.19. The summed E-state index contributed by atoms with van der Waals surface area (Å²) in [5, 5.41) is 13.4. The fraction of sp³-hybridized carbons (Fsp3) is 0.400. The number of hydrogen-bond acceptors (Lipinski definition) is 4. The SMILES string of the molecule is CCCCc1nc(Cl)c(CNc2ccc(OC)c(O)c2)[nH]1. The van der Waals surface area contributed by atoms with Crippen molar-refractivity contribution in [2.75, 3.05) is 12.4 Å². The molecule has 1 heterocycles. The number of anilines is 1. The van der Waals surface area contributed by atoms with Crippen LogP contribution in [0.3, 0.4) is 0 Å². The second kappa shape index (κ2) is 7.22. The maximum absolute atomic E-state index is 9.73. The van der Waals surface area contributed by atoms with E-state index >= 15 is 0 Å². The lowest BCUT2D eigenvalue weighted by atomic mass is 10.2. The third kappa shape index (κ3) is 4.04. The summed E-state index contributed by atoms with van der Waals surface area (Å²) < 4.78 is 5.01. The molecule has 0 spiro atoms. The number of aryl methyl sites for hydroxylation is 1. The van der Waals surface area contributed by atoms with Crippen LogP contribution in [0, 0.1) is 0 Å². The molecule has 0 amide bonds. The summed E-state index contributed by atoms with van der Waals surface area (Å²) in [7, 11) is 1.52. The van der Waals surface area contributed by atoms with Crippen LogP contribution in [0.25, 0.3) is 0 Å². The first-order chi connectivity index (χ1) is 10.1. The Morgan fingerprint density at radius 3 is 2.90 bits per heavy atom. The van der Waals surface area contributed by atoms with Crippen molar-refractivity contribution in [2.24, 2.45) is 0 Å². The van der Waals surface area contributed by atoms with Gasteiger partial charge in [-0.05, 0) is 18.6 Å². The van der Waals surface area contributed by atoms with E-state index in [1.54, 1.807) is 12.1 Å². The number of phenolic OH excluding ortho intramolecular Hbond substituents is 1. The lowest BCUT2D eigenvalue weighted by Crippen LogP contribution is -2.00. The molecular weight excluding hydrogens is 290 g/mol. The van der Waals surface area contributed by atoms with Crippen LogP contribution < -0.4 is 10.1 Å². The second-order valence-electron chi connectivity index (χ2n) is 4.80. The molecule has 2 rings (SSSR count). The van der Waals surface area contributed by atoms with Crippen LogP contribution in [0.5, 0.6) is 11.5 Å². The number of hydrogen-bond donors (Lipinski definition) is 3. The Morgan fingerprint density at radius 2 is 2.24 bits per heavy atom. The van der Waals surface area contributed by atoms with Crippen molar-refractivity contribution in [1.29, 1.82) is 0 Å². The number of ether oxygens (including phenoxy) is 1. The number of H-pyrrole nitrogens is 1. The number of nitrogens with one attached hydrogen (secondary N) is 2. The van der Waals surface area contributed by atoms with Crippen LogP contribution in [0.4, 0.5) is 5.69 Å². The van der Waals surface area contributed by atoms with E-state index in [-0.39, 0.29) is 5.75 Å². The van der Waals surface area contributed by atoms with E-state index in [9.17, 15) is 5.11 Å². The zero-order chi connectivity index (χ0) is 15.2. The summed E-state index contributed by atoms with van der Waals surface area (Å²) in [6, 6.07) is 5.15. The van der Waals surface area contributed by atoms with Crippen molar-refractivity contribution in [2.45, 2.75) is 32.7 Å². The average molecular weight is 310 g/mol. The Labute approximate surface area is 129 Å². The molecule has 0 fully saturated rings. The Balaban J connectivity index is 1.99. The fourth-order valence-corrected chi connectivity index (χ4v) is 2.23. The van der Waals surface area contributed by atoms with Gasteiger partial charge >= 0.3 is 0 Å². The first-order valence-electron chi connectivity index (χ1n) is 6.98. The first-order valence-corrected chi connectivity index (χ1v) is 7.36. The molecule has 6 heteroatoms. The van der Waals surface area contributed by atoms with Crippen LogP contribution in [0.1, 0.15) is 31.3 Å². The predicted molar refractivity (Wildman–Crippen MR) is 84.2 cm³/mol. The van der Waals surface area contributed by atoms with Crippen LogP contribution in [0.2, 0.25) is 5.15 Å². The van der Waals surface area contributed by atoms with Gasteiger partial charge in [-0.2, -0.15) is 0 Å². The number of phenols is 1. The maximum atomic E-state index is 9.73. The van der Waals surface area contributed by atoms with Gasteiger partial charge < -0.3 is 20.1 Å². The lowest BCUT2D eigenvalue weighted by molar-refractivity contribution is 0.373. The van der Waals surface area contributed by atoms with Crippen molar-refractivity contribution in [1.82, 2.24) is 9.97 Å². The quantitative estimate of drug-likeness (QED) is 0.729. The summed E-state index contributed by atoms with van der Waals surface area (Å²) in [4.78, 5) is 7.54. The number of aromatic hydroxyl groups is 1. The molecule has 0 saturated heterocycles. The molecule has 0 atom stereocenters. The zero-order valence-corrected chi connectivity index (χ0v) is 13.0. The van der Waals surface area contributed by atoms with Gasteiger partial charge in [0.1, 0.15) is 5.82 Å². The standard InChI is InChI=1S/C15H20ClN3O2/c1-3-4-5-14-18-11(15(16)19-14)9-17-10-6-7-13(21-2)12(20)8-10/h6-8,17,20H,3-5,9H2,1-2H3,(H,18,19). The molecule has 0 unspecified atom stereocenters. The van der Waals surface area contributed by atoms with Crippen molar-refractivity contribution in [3.05, 3.63) is 34.9 Å². The molecule has 3 N–H and O–H groups in total. The monoisotopic (exact) mass is 309 g/mol.